The summed E-state index contributed by atoms with van der Waals surface area (Å²) in [6.45, 7) is 1.99. The lowest BCUT2D eigenvalue weighted by Crippen LogP contribution is -2.26. The Morgan fingerprint density at radius 2 is 1.25 bits per heavy atom. The fourth-order valence-electron chi connectivity index (χ4n) is 8.42. The number of rotatable bonds is 6. The Morgan fingerprint density at radius 1 is 0.549 bits per heavy atom. The number of fused-ring (bicyclic) bond motifs is 13. The SMILES string of the molecule is C/C=C/C=C\C=N/C=C\C=C(/N)c1ccccc1-c1ccc2cc3c(cc2c1)C1(c2ccccc2-c2ccccc21)c1c-3ccc2ccccc12. The second-order valence-corrected chi connectivity index (χ2v) is 13.2. The molecule has 51 heavy (non-hydrogen) atoms. The van der Waals surface area contributed by atoms with Gasteiger partial charge in [0, 0.05) is 23.7 Å². The lowest BCUT2D eigenvalue weighted by atomic mass is 9.69. The highest BCUT2D eigenvalue weighted by atomic mass is 14.7. The third-order valence-electron chi connectivity index (χ3n) is 10.5. The highest BCUT2D eigenvalue weighted by Gasteiger charge is 2.52. The summed E-state index contributed by atoms with van der Waals surface area (Å²) in [5.41, 5.74) is 20.9. The molecule has 0 aliphatic heterocycles. The predicted octanol–water partition coefficient (Wildman–Crippen LogP) is 12.0. The first kappa shape index (κ1) is 30.5. The summed E-state index contributed by atoms with van der Waals surface area (Å²) in [6.07, 6.45) is 15.1. The van der Waals surface area contributed by atoms with Gasteiger partial charge in [-0.2, -0.15) is 0 Å². The number of benzene rings is 7. The van der Waals surface area contributed by atoms with Crippen molar-refractivity contribution in [2.24, 2.45) is 10.7 Å². The number of allylic oxidation sites excluding steroid dienone is 6. The summed E-state index contributed by atoms with van der Waals surface area (Å²) in [5.74, 6) is 0. The van der Waals surface area contributed by atoms with Crippen molar-refractivity contribution in [1.82, 2.24) is 0 Å². The zero-order valence-electron chi connectivity index (χ0n) is 28.4. The molecule has 1 spiro atoms. The van der Waals surface area contributed by atoms with Crippen LogP contribution >= 0.6 is 0 Å². The van der Waals surface area contributed by atoms with Crippen LogP contribution < -0.4 is 5.73 Å². The Morgan fingerprint density at radius 3 is 2.06 bits per heavy atom. The first-order chi connectivity index (χ1) is 25.2. The van der Waals surface area contributed by atoms with E-state index in [9.17, 15) is 0 Å². The van der Waals surface area contributed by atoms with E-state index in [0.29, 0.717) is 5.70 Å². The zero-order chi connectivity index (χ0) is 34.4. The zero-order valence-corrected chi connectivity index (χ0v) is 28.4. The van der Waals surface area contributed by atoms with E-state index in [1.54, 1.807) is 12.4 Å². The van der Waals surface area contributed by atoms with Gasteiger partial charge >= 0.3 is 0 Å². The Bertz CT molecular complexity index is 2620. The number of hydrogen-bond donors (Lipinski definition) is 1. The van der Waals surface area contributed by atoms with Crippen molar-refractivity contribution in [3.05, 3.63) is 210 Å². The van der Waals surface area contributed by atoms with Gasteiger partial charge in [0.05, 0.1) is 5.41 Å². The molecule has 7 aromatic carbocycles. The van der Waals surface area contributed by atoms with Crippen LogP contribution in [-0.2, 0) is 5.41 Å². The molecule has 0 heterocycles. The Balaban J connectivity index is 1.22. The van der Waals surface area contributed by atoms with E-state index in [4.69, 9.17) is 5.73 Å². The molecule has 0 amide bonds. The van der Waals surface area contributed by atoms with E-state index < -0.39 is 5.41 Å². The van der Waals surface area contributed by atoms with Gasteiger partial charge in [-0.05, 0) is 121 Å². The highest BCUT2D eigenvalue weighted by molar-refractivity contribution is 6.06. The van der Waals surface area contributed by atoms with Crippen LogP contribution in [0.15, 0.2) is 187 Å². The second kappa shape index (κ2) is 12.4. The average Bonchev–Trinajstić information content (AvgIpc) is 3.64. The van der Waals surface area contributed by atoms with Gasteiger partial charge < -0.3 is 5.73 Å². The molecule has 2 aliphatic rings. The predicted molar refractivity (Wildman–Crippen MR) is 217 cm³/mol. The summed E-state index contributed by atoms with van der Waals surface area (Å²) < 4.78 is 0. The molecule has 2 N–H and O–H groups in total. The molecule has 0 saturated heterocycles. The lowest BCUT2D eigenvalue weighted by molar-refractivity contribution is 0.802. The monoisotopic (exact) mass is 652 g/mol. The van der Waals surface area contributed by atoms with Crippen molar-refractivity contribution < 1.29 is 0 Å². The molecule has 0 atom stereocenters. The molecule has 0 unspecified atom stereocenters. The Labute approximate surface area is 299 Å². The van der Waals surface area contributed by atoms with Gasteiger partial charge in [0.2, 0.25) is 0 Å². The molecule has 2 nitrogen and oxygen atoms in total. The van der Waals surface area contributed by atoms with Gasteiger partial charge in [-0.25, -0.2) is 0 Å². The summed E-state index contributed by atoms with van der Waals surface area (Å²) in [6, 6.07) is 51.6. The van der Waals surface area contributed by atoms with E-state index in [0.717, 1.165) is 16.7 Å². The summed E-state index contributed by atoms with van der Waals surface area (Å²) in [5, 5.41) is 5.01. The Hall–Kier alpha value is -6.51. The number of nitrogens with zero attached hydrogens (tertiary/aromatic N) is 1. The maximum Gasteiger partial charge on any atom is 0.0731 e. The van der Waals surface area contributed by atoms with Gasteiger partial charge in [-0.3, -0.25) is 4.99 Å². The topological polar surface area (TPSA) is 38.4 Å². The van der Waals surface area contributed by atoms with E-state index in [1.807, 2.05) is 49.4 Å². The number of hydrogen-bond acceptors (Lipinski definition) is 2. The van der Waals surface area contributed by atoms with Gasteiger partial charge in [-0.15, -0.1) is 0 Å². The fraction of sp³-hybridized carbons (Fsp3) is 0.0408. The van der Waals surface area contributed by atoms with Gasteiger partial charge in [0.15, 0.2) is 0 Å². The molecule has 0 saturated carbocycles. The van der Waals surface area contributed by atoms with Crippen molar-refractivity contribution in [2.75, 3.05) is 0 Å². The first-order valence-corrected chi connectivity index (χ1v) is 17.5. The minimum absolute atomic E-state index is 0.425. The normalized spacial score (nSPS) is 14.4. The minimum Gasteiger partial charge on any atom is -0.398 e. The van der Waals surface area contributed by atoms with E-state index in [-0.39, 0.29) is 0 Å². The number of aliphatic imine (C=N–C) groups is 1. The molecule has 2 aliphatic carbocycles. The van der Waals surface area contributed by atoms with Gasteiger partial charge in [0.25, 0.3) is 0 Å². The average molecular weight is 653 g/mol. The van der Waals surface area contributed by atoms with Crippen LogP contribution in [0, 0.1) is 0 Å². The van der Waals surface area contributed by atoms with Crippen LogP contribution in [0.2, 0.25) is 0 Å². The first-order valence-electron chi connectivity index (χ1n) is 17.5. The van der Waals surface area contributed by atoms with Crippen LogP contribution in [0.1, 0.15) is 34.7 Å². The van der Waals surface area contributed by atoms with Crippen LogP contribution in [0.25, 0.3) is 60.6 Å². The van der Waals surface area contributed by atoms with Crippen LogP contribution in [-0.4, -0.2) is 6.21 Å². The molecular weight excluding hydrogens is 617 g/mol. The quantitative estimate of drug-likeness (QED) is 0.141. The summed E-state index contributed by atoms with van der Waals surface area (Å²) in [7, 11) is 0. The highest BCUT2D eigenvalue weighted by Crippen LogP contribution is 2.64. The van der Waals surface area contributed by atoms with Gasteiger partial charge in [0.1, 0.15) is 0 Å². The lowest BCUT2D eigenvalue weighted by Gasteiger charge is -2.31. The van der Waals surface area contributed by atoms with Crippen molar-refractivity contribution in [2.45, 2.75) is 12.3 Å². The van der Waals surface area contributed by atoms with Gasteiger partial charge in [-0.1, -0.05) is 140 Å². The molecule has 0 radical (unpaired) electrons. The van der Waals surface area contributed by atoms with Crippen molar-refractivity contribution in [1.29, 1.82) is 0 Å². The molecule has 2 heteroatoms. The maximum absolute atomic E-state index is 6.70. The fourth-order valence-corrected chi connectivity index (χ4v) is 8.42. The van der Waals surface area contributed by atoms with Crippen LogP contribution in [0.4, 0.5) is 0 Å². The van der Waals surface area contributed by atoms with Crippen molar-refractivity contribution >= 4 is 33.5 Å². The summed E-state index contributed by atoms with van der Waals surface area (Å²) in [4.78, 5) is 4.32. The largest absolute Gasteiger partial charge is 0.398 e. The van der Waals surface area contributed by atoms with Crippen LogP contribution in [0.3, 0.4) is 0 Å². The molecule has 242 valence electrons. The maximum atomic E-state index is 6.70. The molecule has 0 fully saturated rings. The van der Waals surface area contributed by atoms with E-state index in [2.05, 4.69) is 138 Å². The Kier molecular flexibility index (Phi) is 7.44. The van der Waals surface area contributed by atoms with E-state index >= 15 is 0 Å². The minimum atomic E-state index is -0.425. The number of nitrogens with two attached hydrogens (primary N) is 1. The third kappa shape index (κ3) is 4.75. The molecular formula is C49H36N2. The standard InChI is InChI=1S/C49H36N2/c1-2-3-4-13-28-51-29-14-23-47(50)41-20-8-7-16-37(41)35-25-24-34-31-43-42-27-26-33-15-5-6-17-38(33)48(42)49(46(43)32-36(34)30-35)44-21-11-9-18-39(44)40-19-10-12-22-45(40)49/h2-32H,50H2,1H3/b3-2+,13-4-,29-14-,47-23-,51-28-. The molecule has 0 aromatic heterocycles. The van der Waals surface area contributed by atoms with Crippen molar-refractivity contribution in [3.8, 4) is 33.4 Å². The third-order valence-corrected chi connectivity index (χ3v) is 10.5. The van der Waals surface area contributed by atoms with Crippen molar-refractivity contribution in [3.63, 3.8) is 0 Å². The molecule has 9 rings (SSSR count). The van der Waals surface area contributed by atoms with Crippen LogP contribution in [0.5, 0.6) is 0 Å². The smallest absolute Gasteiger partial charge is 0.0731 e. The van der Waals surface area contributed by atoms with E-state index in [1.165, 1.54) is 66.1 Å². The second-order valence-electron chi connectivity index (χ2n) is 13.2. The molecule has 0 bridgehead atoms. The summed E-state index contributed by atoms with van der Waals surface area (Å²) >= 11 is 0. The molecule has 7 aromatic rings.